The van der Waals surface area contributed by atoms with Crippen molar-refractivity contribution in [1.82, 2.24) is 0 Å². The molecule has 74 valence electrons. The van der Waals surface area contributed by atoms with Gasteiger partial charge in [-0.25, -0.2) is 0 Å². The first kappa shape index (κ1) is 11.9. The van der Waals surface area contributed by atoms with E-state index in [1.165, 1.54) is 0 Å². The Hall–Kier alpha value is -0.120. The summed E-state index contributed by atoms with van der Waals surface area (Å²) in [6, 6.07) is 0. The van der Waals surface area contributed by atoms with Crippen molar-refractivity contribution in [2.45, 2.75) is 46.0 Å². The van der Waals surface area contributed by atoms with Crippen LogP contribution in [0.5, 0.6) is 0 Å². The van der Waals surface area contributed by atoms with Crippen LogP contribution in [-0.4, -0.2) is 36.6 Å². The predicted molar refractivity (Wildman–Crippen MR) is 48.2 cm³/mol. The molecule has 1 N–H and O–H groups in total. The summed E-state index contributed by atoms with van der Waals surface area (Å²) in [5, 5.41) is 8.88. The minimum Gasteiger partial charge on any atom is -0.391 e. The number of rotatable bonds is 6. The van der Waals surface area contributed by atoms with E-state index in [4.69, 9.17) is 14.6 Å². The molecule has 0 bridgehead atoms. The van der Waals surface area contributed by atoms with Crippen LogP contribution in [0.2, 0.25) is 0 Å². The number of hydrogen-bond donors (Lipinski definition) is 1. The first-order chi connectivity index (χ1) is 5.52. The molecule has 0 aliphatic carbocycles. The summed E-state index contributed by atoms with van der Waals surface area (Å²) in [4.78, 5) is 0. The molecule has 0 aromatic rings. The van der Waals surface area contributed by atoms with Gasteiger partial charge in [0.15, 0.2) is 0 Å². The van der Waals surface area contributed by atoms with Gasteiger partial charge >= 0.3 is 0 Å². The van der Waals surface area contributed by atoms with Gasteiger partial charge in [0.2, 0.25) is 0 Å². The highest BCUT2D eigenvalue weighted by Gasteiger charge is 2.05. The Labute approximate surface area is 74.7 Å². The highest BCUT2D eigenvalue weighted by atomic mass is 16.5. The molecule has 0 spiro atoms. The summed E-state index contributed by atoms with van der Waals surface area (Å²) in [7, 11) is 0. The maximum atomic E-state index is 8.88. The van der Waals surface area contributed by atoms with Crippen LogP contribution in [0.25, 0.3) is 0 Å². The second-order valence-electron chi connectivity index (χ2n) is 3.38. The number of aliphatic hydroxyl groups excluding tert-OH is 1. The Balaban J connectivity index is 3.25. The zero-order chi connectivity index (χ0) is 9.56. The Morgan fingerprint density at radius 2 is 1.67 bits per heavy atom. The van der Waals surface area contributed by atoms with Crippen molar-refractivity contribution in [3.05, 3.63) is 0 Å². The van der Waals surface area contributed by atoms with Gasteiger partial charge in [-0.3, -0.25) is 0 Å². The van der Waals surface area contributed by atoms with Gasteiger partial charge < -0.3 is 14.6 Å². The quantitative estimate of drug-likeness (QED) is 0.661. The fourth-order valence-corrected chi connectivity index (χ4v) is 0.908. The molecule has 3 nitrogen and oxygen atoms in total. The molecule has 0 amide bonds. The van der Waals surface area contributed by atoms with E-state index < -0.39 is 6.10 Å². The summed E-state index contributed by atoms with van der Waals surface area (Å²) in [5.74, 6) is 0. The van der Waals surface area contributed by atoms with Gasteiger partial charge in [-0.2, -0.15) is 0 Å². The molecule has 0 rings (SSSR count). The fourth-order valence-electron chi connectivity index (χ4n) is 0.908. The zero-order valence-electron chi connectivity index (χ0n) is 8.41. The van der Waals surface area contributed by atoms with Crippen LogP contribution >= 0.6 is 0 Å². The molecular formula is C9H20O3. The number of hydrogen-bond acceptors (Lipinski definition) is 3. The molecular weight excluding hydrogens is 156 g/mol. The highest BCUT2D eigenvalue weighted by Crippen LogP contribution is 1.97. The average molecular weight is 176 g/mol. The minimum absolute atomic E-state index is 0.101. The normalized spacial score (nSPS) is 16.5. The van der Waals surface area contributed by atoms with Gasteiger partial charge in [0.25, 0.3) is 0 Å². The third kappa shape index (κ3) is 7.98. The third-order valence-electron chi connectivity index (χ3n) is 1.22. The van der Waals surface area contributed by atoms with E-state index >= 15 is 0 Å². The Morgan fingerprint density at radius 1 is 1.08 bits per heavy atom. The number of ether oxygens (including phenoxy) is 2. The first-order valence-electron chi connectivity index (χ1n) is 4.43. The average Bonchev–Trinajstić information content (AvgIpc) is 1.84. The summed E-state index contributed by atoms with van der Waals surface area (Å²) in [5.41, 5.74) is 0. The molecule has 0 unspecified atom stereocenters. The molecule has 0 heterocycles. The molecule has 0 aliphatic heterocycles. The van der Waals surface area contributed by atoms with Crippen molar-refractivity contribution >= 4 is 0 Å². The predicted octanol–water partition coefficient (Wildman–Crippen LogP) is 1.20. The lowest BCUT2D eigenvalue weighted by atomic mass is 10.4. The second kappa shape index (κ2) is 6.40. The van der Waals surface area contributed by atoms with Crippen LogP contribution in [0.15, 0.2) is 0 Å². The van der Waals surface area contributed by atoms with E-state index in [-0.39, 0.29) is 12.2 Å². The highest BCUT2D eigenvalue weighted by molar-refractivity contribution is 4.51. The fraction of sp³-hybridized carbons (Fsp3) is 1.00. The SMILES string of the molecule is CC(C)O[C@H](C)COC[C@H](C)O. The molecule has 0 radical (unpaired) electrons. The molecule has 0 saturated carbocycles. The Bertz CT molecular complexity index is 102. The van der Waals surface area contributed by atoms with E-state index in [1.54, 1.807) is 6.92 Å². The smallest absolute Gasteiger partial charge is 0.0783 e. The van der Waals surface area contributed by atoms with Crippen molar-refractivity contribution in [3.63, 3.8) is 0 Å². The Morgan fingerprint density at radius 3 is 2.08 bits per heavy atom. The summed E-state index contributed by atoms with van der Waals surface area (Å²) < 4.78 is 10.6. The largest absolute Gasteiger partial charge is 0.391 e. The lowest BCUT2D eigenvalue weighted by molar-refractivity contribution is -0.0492. The molecule has 0 fully saturated rings. The van der Waals surface area contributed by atoms with Crippen molar-refractivity contribution < 1.29 is 14.6 Å². The maximum absolute atomic E-state index is 8.88. The van der Waals surface area contributed by atoms with Gasteiger partial charge in [0.1, 0.15) is 0 Å². The van der Waals surface area contributed by atoms with Crippen LogP contribution in [0.1, 0.15) is 27.7 Å². The Kier molecular flexibility index (Phi) is 6.34. The topological polar surface area (TPSA) is 38.7 Å². The van der Waals surface area contributed by atoms with Crippen LogP contribution < -0.4 is 0 Å². The van der Waals surface area contributed by atoms with Gasteiger partial charge in [-0.05, 0) is 27.7 Å². The zero-order valence-corrected chi connectivity index (χ0v) is 8.41. The van der Waals surface area contributed by atoms with Crippen molar-refractivity contribution in [1.29, 1.82) is 0 Å². The van der Waals surface area contributed by atoms with Crippen LogP contribution in [0.3, 0.4) is 0 Å². The summed E-state index contributed by atoms with van der Waals surface area (Å²) in [6.07, 6.45) is -0.0600. The molecule has 0 saturated heterocycles. The van der Waals surface area contributed by atoms with Gasteiger partial charge in [0.05, 0.1) is 31.5 Å². The van der Waals surface area contributed by atoms with Crippen molar-refractivity contribution in [3.8, 4) is 0 Å². The molecule has 2 atom stereocenters. The third-order valence-corrected chi connectivity index (χ3v) is 1.22. The van der Waals surface area contributed by atoms with E-state index in [0.717, 1.165) is 0 Å². The van der Waals surface area contributed by atoms with Crippen LogP contribution in [0, 0.1) is 0 Å². The molecule has 12 heavy (non-hydrogen) atoms. The standard InChI is InChI=1S/C9H20O3/c1-7(2)12-9(4)6-11-5-8(3)10/h7-10H,5-6H2,1-4H3/t8-,9+/m0/s1. The molecule has 0 aromatic heterocycles. The van der Waals surface area contributed by atoms with E-state index in [2.05, 4.69) is 0 Å². The van der Waals surface area contributed by atoms with E-state index in [0.29, 0.717) is 13.2 Å². The van der Waals surface area contributed by atoms with E-state index in [9.17, 15) is 0 Å². The minimum atomic E-state index is -0.392. The van der Waals surface area contributed by atoms with Crippen LogP contribution in [-0.2, 0) is 9.47 Å². The second-order valence-corrected chi connectivity index (χ2v) is 3.38. The maximum Gasteiger partial charge on any atom is 0.0783 e. The lowest BCUT2D eigenvalue weighted by Crippen LogP contribution is -2.22. The first-order valence-corrected chi connectivity index (χ1v) is 4.43. The summed E-state index contributed by atoms with van der Waals surface area (Å²) >= 11 is 0. The molecule has 0 aliphatic rings. The number of aliphatic hydroxyl groups is 1. The van der Waals surface area contributed by atoms with Gasteiger partial charge in [-0.15, -0.1) is 0 Å². The van der Waals surface area contributed by atoms with E-state index in [1.807, 2.05) is 20.8 Å². The van der Waals surface area contributed by atoms with Gasteiger partial charge in [-0.1, -0.05) is 0 Å². The summed E-state index contributed by atoms with van der Waals surface area (Å²) in [6.45, 7) is 8.57. The lowest BCUT2D eigenvalue weighted by Gasteiger charge is -2.16. The van der Waals surface area contributed by atoms with Gasteiger partial charge in [0, 0.05) is 0 Å². The van der Waals surface area contributed by atoms with Crippen molar-refractivity contribution in [2.24, 2.45) is 0 Å². The monoisotopic (exact) mass is 176 g/mol. The van der Waals surface area contributed by atoms with Crippen molar-refractivity contribution in [2.75, 3.05) is 13.2 Å². The molecule has 3 heteroatoms. The molecule has 0 aromatic carbocycles. The van der Waals surface area contributed by atoms with Crippen LogP contribution in [0.4, 0.5) is 0 Å².